The van der Waals surface area contributed by atoms with Gasteiger partial charge in [0.15, 0.2) is 0 Å². The Labute approximate surface area is 113 Å². The molecule has 1 heterocycles. The molecule has 18 heavy (non-hydrogen) atoms. The van der Waals surface area contributed by atoms with Gasteiger partial charge in [-0.2, -0.15) is 0 Å². The molecule has 3 atom stereocenters. The summed E-state index contributed by atoms with van der Waals surface area (Å²) in [5.74, 6) is 0.234. The Hall–Kier alpha value is -1.28. The maximum absolute atomic E-state index is 11.6. The molecule has 3 heteroatoms. The van der Waals surface area contributed by atoms with Crippen molar-refractivity contribution in [1.29, 1.82) is 0 Å². The van der Waals surface area contributed by atoms with E-state index < -0.39 is 0 Å². The summed E-state index contributed by atoms with van der Waals surface area (Å²) in [6.45, 7) is 6.14. The molecule has 0 saturated carbocycles. The summed E-state index contributed by atoms with van der Waals surface area (Å²) in [5.41, 5.74) is 1.13. The lowest BCUT2D eigenvalue weighted by Crippen LogP contribution is -2.36. The molecule has 2 rings (SSSR count). The molecule has 96 valence electrons. The summed E-state index contributed by atoms with van der Waals surface area (Å²) in [7, 11) is 0. The molecular formula is C15H17ClO2. The zero-order valence-corrected chi connectivity index (χ0v) is 11.2. The second kappa shape index (κ2) is 5.57. The highest BCUT2D eigenvalue weighted by molar-refractivity contribution is 6.30. The van der Waals surface area contributed by atoms with E-state index in [2.05, 4.69) is 6.58 Å². The number of benzene rings is 1. The lowest BCUT2D eigenvalue weighted by atomic mass is 9.75. The van der Waals surface area contributed by atoms with Crippen molar-refractivity contribution in [1.82, 2.24) is 0 Å². The van der Waals surface area contributed by atoms with Gasteiger partial charge in [0.1, 0.15) is 0 Å². The summed E-state index contributed by atoms with van der Waals surface area (Å²) in [4.78, 5) is 11.6. The summed E-state index contributed by atoms with van der Waals surface area (Å²) in [6, 6.07) is 7.78. The van der Waals surface area contributed by atoms with Gasteiger partial charge >= 0.3 is 5.97 Å². The number of ether oxygens (including phenoxy) is 1. The van der Waals surface area contributed by atoms with E-state index in [9.17, 15) is 4.79 Å². The van der Waals surface area contributed by atoms with Crippen LogP contribution in [-0.4, -0.2) is 12.6 Å². The topological polar surface area (TPSA) is 26.3 Å². The van der Waals surface area contributed by atoms with E-state index >= 15 is 0 Å². The van der Waals surface area contributed by atoms with Gasteiger partial charge in [-0.1, -0.05) is 36.7 Å². The van der Waals surface area contributed by atoms with E-state index in [1.165, 1.54) is 0 Å². The monoisotopic (exact) mass is 264 g/mol. The van der Waals surface area contributed by atoms with Crippen LogP contribution in [0, 0.1) is 11.8 Å². The maximum Gasteiger partial charge on any atom is 0.308 e. The average molecular weight is 265 g/mol. The van der Waals surface area contributed by atoms with Crippen molar-refractivity contribution in [2.75, 3.05) is 6.61 Å². The minimum absolute atomic E-state index is 0.0965. The van der Waals surface area contributed by atoms with Crippen LogP contribution in [0.1, 0.15) is 24.8 Å². The lowest BCUT2D eigenvalue weighted by molar-refractivity contribution is -0.157. The van der Waals surface area contributed by atoms with Gasteiger partial charge in [0.25, 0.3) is 0 Å². The molecule has 0 radical (unpaired) electrons. The number of halogens is 1. The van der Waals surface area contributed by atoms with E-state index in [-0.39, 0.29) is 23.7 Å². The molecule has 3 unspecified atom stereocenters. The molecule has 0 bridgehead atoms. The fourth-order valence-electron chi connectivity index (χ4n) is 2.59. The van der Waals surface area contributed by atoms with Crippen molar-refractivity contribution in [3.8, 4) is 0 Å². The van der Waals surface area contributed by atoms with Gasteiger partial charge in [0.2, 0.25) is 0 Å². The molecule has 2 nitrogen and oxygen atoms in total. The Balaban J connectivity index is 2.29. The third-order valence-electron chi connectivity index (χ3n) is 3.65. The molecule has 0 aromatic heterocycles. The van der Waals surface area contributed by atoms with Crippen molar-refractivity contribution in [3.05, 3.63) is 47.5 Å². The first kappa shape index (κ1) is 13.2. The van der Waals surface area contributed by atoms with Crippen molar-refractivity contribution in [2.24, 2.45) is 11.8 Å². The highest BCUT2D eigenvalue weighted by Gasteiger charge is 2.37. The van der Waals surface area contributed by atoms with Gasteiger partial charge in [-0.3, -0.25) is 4.79 Å². The predicted octanol–water partition coefficient (Wildman–Crippen LogP) is 3.81. The Kier molecular flexibility index (Phi) is 4.07. The zero-order valence-electron chi connectivity index (χ0n) is 10.4. The van der Waals surface area contributed by atoms with Gasteiger partial charge in [-0.05, 0) is 30.0 Å². The van der Waals surface area contributed by atoms with Crippen molar-refractivity contribution < 1.29 is 9.53 Å². The van der Waals surface area contributed by atoms with Gasteiger partial charge < -0.3 is 4.74 Å². The number of cyclic esters (lactones) is 1. The largest absolute Gasteiger partial charge is 0.465 e. The van der Waals surface area contributed by atoms with Gasteiger partial charge in [-0.25, -0.2) is 0 Å². The van der Waals surface area contributed by atoms with Crippen molar-refractivity contribution >= 4 is 17.6 Å². The van der Waals surface area contributed by atoms with Crippen LogP contribution >= 0.6 is 11.6 Å². The number of rotatable bonds is 3. The van der Waals surface area contributed by atoms with Crippen LogP contribution in [0.25, 0.3) is 0 Å². The van der Waals surface area contributed by atoms with Crippen LogP contribution < -0.4 is 0 Å². The fraction of sp³-hybridized carbons (Fsp3) is 0.400. The van der Waals surface area contributed by atoms with Crippen LogP contribution in [0.15, 0.2) is 36.9 Å². The van der Waals surface area contributed by atoms with Crippen LogP contribution in [0.4, 0.5) is 0 Å². The Morgan fingerprint density at radius 3 is 3.00 bits per heavy atom. The standard InChI is InChI=1S/C15H17ClO2/c1-3-5-13-10(2)15(17)18-9-14(13)11-6-4-7-12(16)8-11/h3-4,6-8,10,13-14H,1,5,9H2,2H3. The van der Waals surface area contributed by atoms with Crippen LogP contribution in [0.3, 0.4) is 0 Å². The second-order valence-corrected chi connectivity index (χ2v) is 5.20. The Morgan fingerprint density at radius 1 is 1.56 bits per heavy atom. The molecule has 1 fully saturated rings. The molecule has 0 spiro atoms. The summed E-state index contributed by atoms with van der Waals surface area (Å²) in [6.07, 6.45) is 2.69. The quantitative estimate of drug-likeness (QED) is 0.613. The SMILES string of the molecule is C=CCC1C(C)C(=O)OCC1c1cccc(Cl)c1. The van der Waals surface area contributed by atoms with E-state index in [0.717, 1.165) is 17.0 Å². The summed E-state index contributed by atoms with van der Waals surface area (Å²) in [5, 5.41) is 0.717. The second-order valence-electron chi connectivity index (χ2n) is 4.77. The molecule has 1 saturated heterocycles. The minimum Gasteiger partial charge on any atom is -0.465 e. The first-order chi connectivity index (χ1) is 8.63. The molecular weight excluding hydrogens is 248 g/mol. The van der Waals surface area contributed by atoms with E-state index in [1.807, 2.05) is 37.3 Å². The molecule has 0 aliphatic carbocycles. The van der Waals surface area contributed by atoms with Crippen molar-refractivity contribution in [2.45, 2.75) is 19.3 Å². The van der Waals surface area contributed by atoms with Crippen LogP contribution in [-0.2, 0) is 9.53 Å². The Morgan fingerprint density at radius 2 is 2.33 bits per heavy atom. The lowest BCUT2D eigenvalue weighted by Gasteiger charge is -2.35. The van der Waals surface area contributed by atoms with E-state index in [0.29, 0.717) is 6.61 Å². The first-order valence-electron chi connectivity index (χ1n) is 6.16. The zero-order chi connectivity index (χ0) is 13.1. The summed E-state index contributed by atoms with van der Waals surface area (Å²) >= 11 is 6.03. The molecule has 1 aromatic carbocycles. The normalized spacial score (nSPS) is 27.7. The molecule has 0 N–H and O–H groups in total. The third kappa shape index (κ3) is 2.59. The number of allylic oxidation sites excluding steroid dienone is 1. The first-order valence-corrected chi connectivity index (χ1v) is 6.54. The van der Waals surface area contributed by atoms with Crippen molar-refractivity contribution in [3.63, 3.8) is 0 Å². The van der Waals surface area contributed by atoms with E-state index in [4.69, 9.17) is 16.3 Å². The molecule has 1 aromatic rings. The number of carbonyl (C=O) groups is 1. The average Bonchev–Trinajstić information content (AvgIpc) is 2.35. The minimum atomic E-state index is -0.111. The number of carbonyl (C=O) groups excluding carboxylic acids is 1. The number of hydrogen-bond donors (Lipinski definition) is 0. The van der Waals surface area contributed by atoms with Gasteiger partial charge in [0.05, 0.1) is 12.5 Å². The molecule has 0 amide bonds. The predicted molar refractivity (Wildman–Crippen MR) is 72.6 cm³/mol. The smallest absolute Gasteiger partial charge is 0.308 e. The molecule has 1 aliphatic rings. The number of hydrogen-bond acceptors (Lipinski definition) is 2. The fourth-order valence-corrected chi connectivity index (χ4v) is 2.79. The maximum atomic E-state index is 11.6. The number of esters is 1. The molecule has 1 aliphatic heterocycles. The van der Waals surface area contributed by atoms with Gasteiger partial charge in [-0.15, -0.1) is 6.58 Å². The van der Waals surface area contributed by atoms with Crippen LogP contribution in [0.2, 0.25) is 5.02 Å². The highest BCUT2D eigenvalue weighted by Crippen LogP contribution is 2.38. The van der Waals surface area contributed by atoms with E-state index in [1.54, 1.807) is 0 Å². The Bertz CT molecular complexity index is 456. The summed E-state index contributed by atoms with van der Waals surface area (Å²) < 4.78 is 5.26. The highest BCUT2D eigenvalue weighted by atomic mass is 35.5. The van der Waals surface area contributed by atoms with Gasteiger partial charge in [0, 0.05) is 10.9 Å². The van der Waals surface area contributed by atoms with Crippen LogP contribution in [0.5, 0.6) is 0 Å². The third-order valence-corrected chi connectivity index (χ3v) is 3.89.